The van der Waals surface area contributed by atoms with Gasteiger partial charge in [-0.3, -0.25) is 0 Å². The van der Waals surface area contributed by atoms with Crippen molar-refractivity contribution in [1.29, 1.82) is 0 Å². The Morgan fingerprint density at radius 1 is 0.969 bits per heavy atom. The fraction of sp³-hybridized carbons (Fsp3) is 0.333. The molecule has 2 aromatic carbocycles. The van der Waals surface area contributed by atoms with Crippen LogP contribution in [-0.4, -0.2) is 38.4 Å². The Labute approximate surface area is 189 Å². The summed E-state index contributed by atoms with van der Waals surface area (Å²) in [4.78, 5) is 0.132. The fourth-order valence-electron chi connectivity index (χ4n) is 3.05. The van der Waals surface area contributed by atoms with Gasteiger partial charge in [0.05, 0.1) is 12.3 Å². The van der Waals surface area contributed by atoms with Crippen molar-refractivity contribution >= 4 is 10.0 Å². The molecule has 0 bridgehead atoms. The first-order valence-electron chi connectivity index (χ1n) is 10.6. The molecule has 0 spiro atoms. The second kappa shape index (κ2) is 10.6. The molecule has 0 aliphatic heterocycles. The third-order valence-corrected chi connectivity index (χ3v) is 6.34. The highest BCUT2D eigenvalue weighted by molar-refractivity contribution is 7.89. The summed E-state index contributed by atoms with van der Waals surface area (Å²) in [6.45, 7) is 8.45. The number of aryl methyl sites for hydroxylation is 1. The highest BCUT2D eigenvalue weighted by atomic mass is 32.2. The van der Waals surface area contributed by atoms with Crippen molar-refractivity contribution in [3.05, 3.63) is 65.7 Å². The Bertz CT molecular complexity index is 1130. The standard InChI is InChI=1S/C24H29N3O4S/c1-5-30-22-12-10-20(17(2)3)16-23(22)32(28,29)25-14-15-31-24-13-11-21(26-27-24)19-8-6-18(4)7-9-19/h6-13,16-17,25H,5,14-15H2,1-4H3. The van der Waals surface area contributed by atoms with E-state index in [1.165, 1.54) is 5.56 Å². The van der Waals surface area contributed by atoms with Gasteiger partial charge in [-0.25, -0.2) is 13.1 Å². The zero-order chi connectivity index (χ0) is 23.1. The second-order valence-corrected chi connectivity index (χ2v) is 9.40. The van der Waals surface area contributed by atoms with Crippen LogP contribution in [0.25, 0.3) is 11.3 Å². The third kappa shape index (κ3) is 6.05. The lowest BCUT2D eigenvalue weighted by molar-refractivity contribution is 0.306. The molecule has 3 aromatic rings. The summed E-state index contributed by atoms with van der Waals surface area (Å²) in [5, 5.41) is 8.25. The van der Waals surface area contributed by atoms with E-state index in [0.29, 0.717) is 18.2 Å². The lowest BCUT2D eigenvalue weighted by Crippen LogP contribution is -2.29. The molecule has 0 saturated heterocycles. The molecule has 0 aliphatic rings. The quantitative estimate of drug-likeness (QED) is 0.458. The molecule has 0 aliphatic carbocycles. The van der Waals surface area contributed by atoms with Gasteiger partial charge in [-0.15, -0.1) is 10.2 Å². The SMILES string of the molecule is CCOc1ccc(C(C)C)cc1S(=O)(=O)NCCOc1ccc(-c2ccc(C)cc2)nn1. The van der Waals surface area contributed by atoms with Crippen LogP contribution in [0.2, 0.25) is 0 Å². The van der Waals surface area contributed by atoms with Gasteiger partial charge in [0.25, 0.3) is 0 Å². The molecule has 32 heavy (non-hydrogen) atoms. The van der Waals surface area contributed by atoms with Crippen molar-refractivity contribution in [2.45, 2.75) is 38.5 Å². The van der Waals surface area contributed by atoms with Crippen molar-refractivity contribution < 1.29 is 17.9 Å². The smallest absolute Gasteiger partial charge is 0.244 e. The van der Waals surface area contributed by atoms with E-state index < -0.39 is 10.0 Å². The highest BCUT2D eigenvalue weighted by Gasteiger charge is 2.20. The van der Waals surface area contributed by atoms with E-state index in [2.05, 4.69) is 14.9 Å². The first-order valence-corrected chi connectivity index (χ1v) is 12.1. The Kier molecular flexibility index (Phi) is 7.82. The van der Waals surface area contributed by atoms with E-state index in [4.69, 9.17) is 9.47 Å². The number of hydrogen-bond acceptors (Lipinski definition) is 6. The number of aromatic nitrogens is 2. The molecule has 0 atom stereocenters. The zero-order valence-corrected chi connectivity index (χ0v) is 19.6. The van der Waals surface area contributed by atoms with Crippen LogP contribution in [0.1, 0.15) is 37.8 Å². The number of nitrogens with zero attached hydrogens (tertiary/aromatic N) is 2. The van der Waals surface area contributed by atoms with Crippen LogP contribution in [0, 0.1) is 6.92 Å². The van der Waals surface area contributed by atoms with Crippen molar-refractivity contribution in [2.75, 3.05) is 19.8 Å². The van der Waals surface area contributed by atoms with Crippen molar-refractivity contribution in [3.63, 3.8) is 0 Å². The van der Waals surface area contributed by atoms with Crippen LogP contribution in [0.3, 0.4) is 0 Å². The largest absolute Gasteiger partial charge is 0.492 e. The molecule has 7 nitrogen and oxygen atoms in total. The van der Waals surface area contributed by atoms with Gasteiger partial charge in [-0.1, -0.05) is 49.7 Å². The van der Waals surface area contributed by atoms with E-state index >= 15 is 0 Å². The lowest BCUT2D eigenvalue weighted by atomic mass is 10.0. The van der Waals surface area contributed by atoms with E-state index in [9.17, 15) is 8.42 Å². The van der Waals surface area contributed by atoms with Crippen molar-refractivity contribution in [3.8, 4) is 22.9 Å². The minimum Gasteiger partial charge on any atom is -0.492 e. The van der Waals surface area contributed by atoms with Crippen LogP contribution < -0.4 is 14.2 Å². The predicted molar refractivity (Wildman–Crippen MR) is 125 cm³/mol. The van der Waals surface area contributed by atoms with Gasteiger partial charge in [0.1, 0.15) is 17.3 Å². The lowest BCUT2D eigenvalue weighted by Gasteiger charge is -2.15. The average molecular weight is 456 g/mol. The van der Waals surface area contributed by atoms with Crippen LogP contribution in [0.15, 0.2) is 59.5 Å². The summed E-state index contributed by atoms with van der Waals surface area (Å²) < 4.78 is 39.4. The number of sulfonamides is 1. The molecular formula is C24H29N3O4S. The molecule has 0 saturated carbocycles. The molecule has 1 N–H and O–H groups in total. The fourth-order valence-corrected chi connectivity index (χ4v) is 4.24. The Hall–Kier alpha value is -2.97. The summed E-state index contributed by atoms with van der Waals surface area (Å²) in [5.41, 5.74) is 3.81. The summed E-state index contributed by atoms with van der Waals surface area (Å²) in [5.74, 6) is 0.865. The maximum Gasteiger partial charge on any atom is 0.244 e. The maximum atomic E-state index is 12.9. The predicted octanol–water partition coefficient (Wildman–Crippen LogP) is 4.33. The number of ether oxygens (including phenoxy) is 2. The summed E-state index contributed by atoms with van der Waals surface area (Å²) in [6.07, 6.45) is 0. The second-order valence-electron chi connectivity index (χ2n) is 7.66. The number of benzene rings is 2. The van der Waals surface area contributed by atoms with Crippen LogP contribution >= 0.6 is 0 Å². The molecule has 0 fully saturated rings. The molecular weight excluding hydrogens is 426 g/mol. The summed E-state index contributed by atoms with van der Waals surface area (Å²) in [6, 6.07) is 16.8. The first kappa shape index (κ1) is 23.7. The van der Waals surface area contributed by atoms with Crippen molar-refractivity contribution in [2.24, 2.45) is 0 Å². The Balaban J connectivity index is 1.60. The average Bonchev–Trinajstić information content (AvgIpc) is 2.78. The minimum atomic E-state index is -3.76. The molecule has 170 valence electrons. The maximum absolute atomic E-state index is 12.9. The van der Waals surface area contributed by atoms with Gasteiger partial charge < -0.3 is 9.47 Å². The highest BCUT2D eigenvalue weighted by Crippen LogP contribution is 2.28. The van der Waals surface area contributed by atoms with Crippen LogP contribution in [0.5, 0.6) is 11.6 Å². The van der Waals surface area contributed by atoms with Gasteiger partial charge in [0.2, 0.25) is 15.9 Å². The zero-order valence-electron chi connectivity index (χ0n) is 18.8. The van der Waals surface area contributed by atoms with Gasteiger partial charge in [0, 0.05) is 18.2 Å². The summed E-state index contributed by atoms with van der Waals surface area (Å²) in [7, 11) is -3.76. The normalized spacial score (nSPS) is 11.5. The number of nitrogens with one attached hydrogen (secondary N) is 1. The van der Waals surface area contributed by atoms with Gasteiger partial charge in [-0.2, -0.15) is 0 Å². The minimum absolute atomic E-state index is 0.0845. The number of rotatable bonds is 10. The van der Waals surface area contributed by atoms with E-state index in [1.807, 2.05) is 64.1 Å². The third-order valence-electron chi connectivity index (χ3n) is 4.86. The number of hydrogen-bond donors (Lipinski definition) is 1. The molecule has 3 rings (SSSR count). The Morgan fingerprint density at radius 3 is 2.34 bits per heavy atom. The molecule has 0 radical (unpaired) electrons. The van der Waals surface area contributed by atoms with Crippen molar-refractivity contribution in [1.82, 2.24) is 14.9 Å². The van der Waals surface area contributed by atoms with E-state index in [1.54, 1.807) is 18.2 Å². The molecule has 0 unspecified atom stereocenters. The van der Waals surface area contributed by atoms with E-state index in [0.717, 1.165) is 16.8 Å². The van der Waals surface area contributed by atoms with Gasteiger partial charge in [-0.05, 0) is 43.5 Å². The molecule has 1 aromatic heterocycles. The topological polar surface area (TPSA) is 90.4 Å². The van der Waals surface area contributed by atoms with E-state index in [-0.39, 0.29) is 24.0 Å². The molecule has 1 heterocycles. The molecule has 8 heteroatoms. The Morgan fingerprint density at radius 2 is 1.72 bits per heavy atom. The van der Waals surface area contributed by atoms with Crippen LogP contribution in [0.4, 0.5) is 0 Å². The monoisotopic (exact) mass is 455 g/mol. The van der Waals surface area contributed by atoms with Crippen LogP contribution in [-0.2, 0) is 10.0 Å². The van der Waals surface area contributed by atoms with Gasteiger partial charge >= 0.3 is 0 Å². The molecule has 0 amide bonds. The summed E-state index contributed by atoms with van der Waals surface area (Å²) >= 11 is 0. The first-order chi connectivity index (χ1) is 15.3. The van der Waals surface area contributed by atoms with Gasteiger partial charge in [0.15, 0.2) is 0 Å².